The van der Waals surface area contributed by atoms with Gasteiger partial charge < -0.3 is 5.32 Å². The van der Waals surface area contributed by atoms with Gasteiger partial charge in [0, 0.05) is 24.1 Å². The van der Waals surface area contributed by atoms with Crippen LogP contribution < -0.4 is 10.9 Å². The second kappa shape index (κ2) is 7.35. The number of hydrogen-bond donors (Lipinski definition) is 1. The van der Waals surface area contributed by atoms with Crippen LogP contribution in [0, 0.1) is 0 Å². The van der Waals surface area contributed by atoms with Gasteiger partial charge in [-0.15, -0.1) is 0 Å². The molecule has 0 bridgehead atoms. The van der Waals surface area contributed by atoms with Crippen molar-refractivity contribution in [2.75, 3.05) is 0 Å². The standard InChI is InChI=1S/C17H17F2N3O2S/c1-22-15(23)9-10-8-11(6-7-13(10)21-22)20-16(24)12-4-2-3-5-14(12)25-17(18)19/h2-5,9,11,17H,6-8H2,1H3,(H,20,24). The van der Waals surface area contributed by atoms with Crippen molar-refractivity contribution in [2.45, 2.75) is 36.0 Å². The van der Waals surface area contributed by atoms with Gasteiger partial charge in [-0.25, -0.2) is 4.68 Å². The lowest BCUT2D eigenvalue weighted by Crippen LogP contribution is -2.40. The summed E-state index contributed by atoms with van der Waals surface area (Å²) in [6, 6.07) is 7.71. The number of thioether (sulfide) groups is 1. The SMILES string of the molecule is Cn1nc2c(cc1=O)CC(NC(=O)c1ccccc1SC(F)F)CC2. The number of carbonyl (C=O) groups excluding carboxylic acids is 1. The van der Waals surface area contributed by atoms with E-state index >= 15 is 0 Å². The molecule has 2 aromatic rings. The minimum atomic E-state index is -2.59. The molecule has 1 amide bonds. The van der Waals surface area contributed by atoms with Crippen LogP contribution in [-0.2, 0) is 19.9 Å². The molecule has 1 unspecified atom stereocenters. The predicted octanol–water partition coefficient (Wildman–Crippen LogP) is 2.38. The number of amides is 1. The monoisotopic (exact) mass is 365 g/mol. The Morgan fingerprint density at radius 2 is 2.16 bits per heavy atom. The van der Waals surface area contributed by atoms with Crippen LogP contribution >= 0.6 is 11.8 Å². The maximum absolute atomic E-state index is 12.7. The average Bonchev–Trinajstić information content (AvgIpc) is 2.56. The number of aromatic nitrogens is 2. The highest BCUT2D eigenvalue weighted by atomic mass is 32.2. The Balaban J connectivity index is 1.74. The van der Waals surface area contributed by atoms with E-state index in [1.165, 1.54) is 16.8 Å². The molecular weight excluding hydrogens is 348 g/mol. The van der Waals surface area contributed by atoms with Crippen molar-refractivity contribution in [3.63, 3.8) is 0 Å². The van der Waals surface area contributed by atoms with Crippen molar-refractivity contribution in [2.24, 2.45) is 7.05 Å². The molecule has 1 aliphatic carbocycles. The van der Waals surface area contributed by atoms with Crippen molar-refractivity contribution >= 4 is 17.7 Å². The molecule has 0 aliphatic heterocycles. The van der Waals surface area contributed by atoms with Gasteiger partial charge in [0.15, 0.2) is 0 Å². The third-order valence-electron chi connectivity index (χ3n) is 4.14. The van der Waals surface area contributed by atoms with E-state index in [9.17, 15) is 18.4 Å². The van der Waals surface area contributed by atoms with Crippen LogP contribution in [0.2, 0.25) is 0 Å². The Morgan fingerprint density at radius 3 is 2.92 bits per heavy atom. The molecule has 5 nitrogen and oxygen atoms in total. The Morgan fingerprint density at radius 1 is 1.40 bits per heavy atom. The van der Waals surface area contributed by atoms with Crippen molar-refractivity contribution < 1.29 is 13.6 Å². The molecule has 1 atom stereocenters. The fourth-order valence-corrected chi connectivity index (χ4v) is 3.56. The van der Waals surface area contributed by atoms with E-state index in [4.69, 9.17) is 0 Å². The zero-order valence-corrected chi connectivity index (χ0v) is 14.4. The summed E-state index contributed by atoms with van der Waals surface area (Å²) in [6.45, 7) is 0. The van der Waals surface area contributed by atoms with Gasteiger partial charge in [-0.2, -0.15) is 13.9 Å². The van der Waals surface area contributed by atoms with Crippen LogP contribution in [0.3, 0.4) is 0 Å². The first kappa shape index (κ1) is 17.6. The lowest BCUT2D eigenvalue weighted by Gasteiger charge is -2.25. The van der Waals surface area contributed by atoms with Gasteiger partial charge in [0.1, 0.15) is 0 Å². The molecular formula is C17H17F2N3O2S. The first-order valence-electron chi connectivity index (χ1n) is 7.85. The lowest BCUT2D eigenvalue weighted by atomic mass is 9.92. The zero-order valence-electron chi connectivity index (χ0n) is 13.5. The van der Waals surface area contributed by atoms with Gasteiger partial charge >= 0.3 is 0 Å². The molecule has 1 heterocycles. The summed E-state index contributed by atoms with van der Waals surface area (Å²) in [7, 11) is 1.61. The summed E-state index contributed by atoms with van der Waals surface area (Å²) < 4.78 is 26.6. The van der Waals surface area contributed by atoms with Crippen LogP contribution in [0.5, 0.6) is 0 Å². The van der Waals surface area contributed by atoms with Crippen molar-refractivity contribution in [1.82, 2.24) is 15.1 Å². The topological polar surface area (TPSA) is 64.0 Å². The molecule has 0 saturated heterocycles. The predicted molar refractivity (Wildman–Crippen MR) is 91.1 cm³/mol. The summed E-state index contributed by atoms with van der Waals surface area (Å²) in [4.78, 5) is 24.5. The van der Waals surface area contributed by atoms with Crippen molar-refractivity contribution in [3.05, 3.63) is 57.5 Å². The molecule has 0 fully saturated rings. The third kappa shape index (κ3) is 4.07. The Hall–Kier alpha value is -2.22. The number of alkyl halides is 2. The molecule has 0 spiro atoms. The molecule has 8 heteroatoms. The van der Waals surface area contributed by atoms with Crippen molar-refractivity contribution in [1.29, 1.82) is 0 Å². The molecule has 0 radical (unpaired) electrons. The highest BCUT2D eigenvalue weighted by Crippen LogP contribution is 2.28. The van der Waals surface area contributed by atoms with Gasteiger partial charge in [-0.3, -0.25) is 9.59 Å². The van der Waals surface area contributed by atoms with E-state index in [0.717, 1.165) is 11.3 Å². The highest BCUT2D eigenvalue weighted by molar-refractivity contribution is 7.99. The van der Waals surface area contributed by atoms with Crippen LogP contribution in [0.1, 0.15) is 28.0 Å². The van der Waals surface area contributed by atoms with Crippen LogP contribution in [0.25, 0.3) is 0 Å². The zero-order chi connectivity index (χ0) is 18.0. The number of halogens is 2. The number of fused-ring (bicyclic) bond motifs is 1. The van der Waals surface area contributed by atoms with Gasteiger partial charge in [-0.1, -0.05) is 23.9 Å². The summed E-state index contributed by atoms with van der Waals surface area (Å²) in [5.74, 6) is -2.97. The second-order valence-corrected chi connectivity index (χ2v) is 6.90. The maximum Gasteiger partial charge on any atom is 0.288 e. The fraction of sp³-hybridized carbons (Fsp3) is 0.353. The number of nitrogens with one attached hydrogen (secondary N) is 1. The molecule has 1 aliphatic rings. The first-order chi connectivity index (χ1) is 11.9. The number of hydrogen-bond acceptors (Lipinski definition) is 4. The van der Waals surface area contributed by atoms with Crippen LogP contribution in [-0.4, -0.2) is 27.5 Å². The number of aryl methyl sites for hydroxylation is 2. The Bertz CT molecular complexity index is 854. The van der Waals surface area contributed by atoms with E-state index < -0.39 is 5.76 Å². The molecule has 3 rings (SSSR count). The normalized spacial score (nSPS) is 16.6. The van der Waals surface area contributed by atoms with Gasteiger partial charge in [0.05, 0.1) is 11.3 Å². The second-order valence-electron chi connectivity index (χ2n) is 5.87. The molecule has 132 valence electrons. The number of carbonyl (C=O) groups is 1. The van der Waals surface area contributed by atoms with Crippen LogP contribution in [0.4, 0.5) is 8.78 Å². The average molecular weight is 365 g/mol. The quantitative estimate of drug-likeness (QED) is 0.845. The number of rotatable bonds is 4. The summed E-state index contributed by atoms with van der Waals surface area (Å²) in [6.07, 6.45) is 1.85. The van der Waals surface area contributed by atoms with Crippen molar-refractivity contribution in [3.8, 4) is 0 Å². The summed E-state index contributed by atoms with van der Waals surface area (Å²) >= 11 is 0.359. The Kier molecular flexibility index (Phi) is 5.17. The minimum absolute atomic E-state index is 0.154. The molecule has 1 aromatic carbocycles. The largest absolute Gasteiger partial charge is 0.349 e. The van der Waals surface area contributed by atoms with Gasteiger partial charge in [0.2, 0.25) is 0 Å². The number of nitrogens with zero attached hydrogens (tertiary/aromatic N) is 2. The minimum Gasteiger partial charge on any atom is -0.349 e. The molecule has 1 N–H and O–H groups in total. The summed E-state index contributed by atoms with van der Waals surface area (Å²) in [5, 5.41) is 7.13. The first-order valence-corrected chi connectivity index (χ1v) is 8.73. The number of benzene rings is 1. The van der Waals surface area contributed by atoms with E-state index in [-0.39, 0.29) is 28.0 Å². The molecule has 0 saturated carbocycles. The molecule has 1 aromatic heterocycles. The third-order valence-corrected chi connectivity index (χ3v) is 4.93. The van der Waals surface area contributed by atoms with E-state index in [1.54, 1.807) is 25.2 Å². The smallest absolute Gasteiger partial charge is 0.288 e. The van der Waals surface area contributed by atoms with Gasteiger partial charge in [-0.05, 0) is 37.0 Å². The summed E-state index contributed by atoms with van der Waals surface area (Å²) in [5.41, 5.74) is 1.74. The maximum atomic E-state index is 12.7. The molecule has 25 heavy (non-hydrogen) atoms. The lowest BCUT2D eigenvalue weighted by molar-refractivity contribution is 0.0930. The Labute approximate surface area is 147 Å². The fourth-order valence-electron chi connectivity index (χ4n) is 2.93. The van der Waals surface area contributed by atoms with E-state index in [1.807, 2.05) is 0 Å². The van der Waals surface area contributed by atoms with Crippen LogP contribution in [0.15, 0.2) is 40.0 Å². The van der Waals surface area contributed by atoms with Gasteiger partial charge in [0.25, 0.3) is 17.2 Å². The highest BCUT2D eigenvalue weighted by Gasteiger charge is 2.24. The van der Waals surface area contributed by atoms with E-state index in [0.29, 0.717) is 31.0 Å². The van der Waals surface area contributed by atoms with E-state index in [2.05, 4.69) is 10.4 Å².